The molecule has 0 aromatic carbocycles. The molecule has 0 saturated heterocycles. The number of rotatable bonds is 3. The highest BCUT2D eigenvalue weighted by Crippen LogP contribution is 2.25. The number of hydrogen-bond donors (Lipinski definition) is 2. The fourth-order valence-corrected chi connectivity index (χ4v) is 1.28. The molecule has 0 unspecified atom stereocenters. The SMILES string of the molecule is CC(C)(C)OC=O.CNc1nc(O)c(C=O)s1. The third kappa shape index (κ3) is 6.52. The van der Waals surface area contributed by atoms with Crippen molar-refractivity contribution in [1.82, 2.24) is 4.98 Å². The first-order valence-electron chi connectivity index (χ1n) is 4.78. The van der Waals surface area contributed by atoms with E-state index in [-0.39, 0.29) is 16.4 Å². The van der Waals surface area contributed by atoms with Crippen molar-refractivity contribution in [2.45, 2.75) is 26.4 Å². The molecule has 1 rings (SSSR count). The Morgan fingerprint density at radius 3 is 2.18 bits per heavy atom. The topological polar surface area (TPSA) is 88.5 Å². The number of carbonyl (C=O) groups is 2. The van der Waals surface area contributed by atoms with Crippen LogP contribution in [0, 0.1) is 0 Å². The molecule has 0 fully saturated rings. The second-order valence-corrected chi connectivity index (χ2v) is 4.93. The van der Waals surface area contributed by atoms with Crippen molar-refractivity contribution in [3.05, 3.63) is 4.88 Å². The molecule has 0 saturated carbocycles. The van der Waals surface area contributed by atoms with Crippen LogP contribution in [0.3, 0.4) is 0 Å². The maximum absolute atomic E-state index is 10.1. The van der Waals surface area contributed by atoms with Crippen LogP contribution in [0.2, 0.25) is 0 Å². The number of carbonyl (C=O) groups excluding carboxylic acids is 2. The van der Waals surface area contributed by atoms with E-state index in [1.165, 1.54) is 0 Å². The summed E-state index contributed by atoms with van der Waals surface area (Å²) in [6.07, 6.45) is 0.577. The second-order valence-electron chi connectivity index (χ2n) is 3.90. The lowest BCUT2D eigenvalue weighted by Gasteiger charge is -2.14. The fourth-order valence-electron chi connectivity index (χ4n) is 0.652. The summed E-state index contributed by atoms with van der Waals surface area (Å²) in [7, 11) is 1.67. The first-order chi connectivity index (χ1) is 7.84. The number of thiazole rings is 1. The van der Waals surface area contributed by atoms with Gasteiger partial charge in [0.25, 0.3) is 6.47 Å². The Bertz CT molecular complexity index is 371. The minimum absolute atomic E-state index is 0.204. The molecule has 0 aliphatic carbocycles. The number of aldehydes is 1. The van der Waals surface area contributed by atoms with Crippen LogP contribution in [-0.2, 0) is 9.53 Å². The van der Waals surface area contributed by atoms with Gasteiger partial charge in [-0.05, 0) is 20.8 Å². The summed E-state index contributed by atoms with van der Waals surface area (Å²) < 4.78 is 4.55. The Morgan fingerprint density at radius 2 is 2.00 bits per heavy atom. The quantitative estimate of drug-likeness (QED) is 0.803. The number of nitrogens with zero attached hydrogens (tertiary/aromatic N) is 1. The molecule has 0 aliphatic heterocycles. The smallest absolute Gasteiger partial charge is 0.293 e. The van der Waals surface area contributed by atoms with Crippen LogP contribution in [-0.4, -0.2) is 35.5 Å². The maximum Gasteiger partial charge on any atom is 0.293 e. The molecule has 1 heterocycles. The Morgan fingerprint density at radius 1 is 1.41 bits per heavy atom. The highest BCUT2D eigenvalue weighted by atomic mass is 32.1. The first kappa shape index (κ1) is 15.4. The normalized spacial score (nSPS) is 9.88. The summed E-state index contributed by atoms with van der Waals surface area (Å²) >= 11 is 1.12. The molecule has 0 spiro atoms. The van der Waals surface area contributed by atoms with Gasteiger partial charge in [0.15, 0.2) is 11.4 Å². The van der Waals surface area contributed by atoms with Gasteiger partial charge in [-0.25, -0.2) is 0 Å². The van der Waals surface area contributed by atoms with Crippen LogP contribution < -0.4 is 5.32 Å². The van der Waals surface area contributed by atoms with E-state index in [1.54, 1.807) is 7.05 Å². The average molecular weight is 260 g/mol. The molecule has 0 atom stereocenters. The highest BCUT2D eigenvalue weighted by molar-refractivity contribution is 7.17. The van der Waals surface area contributed by atoms with Gasteiger partial charge in [-0.15, -0.1) is 0 Å². The molecule has 96 valence electrons. The van der Waals surface area contributed by atoms with Gasteiger partial charge in [0.05, 0.1) is 0 Å². The third-order valence-electron chi connectivity index (χ3n) is 1.36. The lowest BCUT2D eigenvalue weighted by atomic mass is 10.2. The van der Waals surface area contributed by atoms with Crippen molar-refractivity contribution in [2.24, 2.45) is 0 Å². The zero-order chi connectivity index (χ0) is 13.5. The van der Waals surface area contributed by atoms with Gasteiger partial charge in [-0.1, -0.05) is 11.3 Å². The number of nitrogens with one attached hydrogen (secondary N) is 1. The van der Waals surface area contributed by atoms with Crippen LogP contribution in [0.25, 0.3) is 0 Å². The molecule has 1 aromatic rings. The van der Waals surface area contributed by atoms with Crippen LogP contribution in [0.1, 0.15) is 30.4 Å². The van der Waals surface area contributed by atoms with Crippen LogP contribution >= 0.6 is 11.3 Å². The van der Waals surface area contributed by atoms with Crippen molar-refractivity contribution in [3.63, 3.8) is 0 Å². The highest BCUT2D eigenvalue weighted by Gasteiger charge is 2.07. The van der Waals surface area contributed by atoms with Gasteiger partial charge in [0.2, 0.25) is 5.88 Å². The van der Waals surface area contributed by atoms with Crippen LogP contribution in [0.4, 0.5) is 5.13 Å². The molecule has 1 aromatic heterocycles. The molecule has 0 bridgehead atoms. The van der Waals surface area contributed by atoms with Gasteiger partial charge in [-0.3, -0.25) is 9.59 Å². The van der Waals surface area contributed by atoms with Crippen molar-refractivity contribution in [3.8, 4) is 5.88 Å². The van der Waals surface area contributed by atoms with Gasteiger partial charge >= 0.3 is 0 Å². The number of hydrogen-bond acceptors (Lipinski definition) is 7. The van der Waals surface area contributed by atoms with Crippen LogP contribution in [0.15, 0.2) is 0 Å². The predicted octanol–water partition coefficient (Wildman–Crippen LogP) is 1.66. The molecule has 0 aliphatic rings. The molecule has 7 heteroatoms. The molecular weight excluding hydrogens is 244 g/mol. The van der Waals surface area contributed by atoms with E-state index in [4.69, 9.17) is 5.11 Å². The van der Waals surface area contributed by atoms with Crippen LogP contribution in [0.5, 0.6) is 5.88 Å². The predicted molar refractivity (Wildman–Crippen MR) is 65.6 cm³/mol. The zero-order valence-electron chi connectivity index (χ0n) is 10.2. The average Bonchev–Trinajstić information content (AvgIpc) is 2.58. The van der Waals surface area contributed by atoms with E-state index in [9.17, 15) is 9.59 Å². The number of ether oxygens (including phenoxy) is 1. The fraction of sp³-hybridized carbons (Fsp3) is 0.500. The van der Waals surface area contributed by atoms with Crippen molar-refractivity contribution < 1.29 is 19.4 Å². The molecule has 6 nitrogen and oxygen atoms in total. The van der Waals surface area contributed by atoms with Gasteiger partial charge in [0.1, 0.15) is 10.5 Å². The van der Waals surface area contributed by atoms with Gasteiger partial charge < -0.3 is 15.2 Å². The molecule has 0 amide bonds. The molecular formula is C10H16N2O4S. The van der Waals surface area contributed by atoms with Gasteiger partial charge in [0, 0.05) is 7.05 Å². The molecule has 2 N–H and O–H groups in total. The van der Waals surface area contributed by atoms with Gasteiger partial charge in [-0.2, -0.15) is 4.98 Å². The first-order valence-corrected chi connectivity index (χ1v) is 5.60. The minimum atomic E-state index is -0.318. The summed E-state index contributed by atoms with van der Waals surface area (Å²) in [5.41, 5.74) is -0.318. The lowest BCUT2D eigenvalue weighted by Crippen LogP contribution is -2.17. The summed E-state index contributed by atoms with van der Waals surface area (Å²) in [5.74, 6) is -0.204. The number of aromatic nitrogens is 1. The minimum Gasteiger partial charge on any atom is -0.492 e. The molecule has 0 radical (unpaired) electrons. The summed E-state index contributed by atoms with van der Waals surface area (Å²) in [5, 5.41) is 12.1. The Hall–Kier alpha value is -1.63. The summed E-state index contributed by atoms with van der Waals surface area (Å²) in [6.45, 7) is 5.92. The standard InChI is InChI=1S/C5H6N2O2S.C5H10O2/c1-6-5-7-4(9)3(2-8)10-5;1-5(2,3)7-4-6/h2,9H,1H3,(H,6,7);4H,1-3H3. The van der Waals surface area contributed by atoms with E-state index < -0.39 is 0 Å². The third-order valence-corrected chi connectivity index (χ3v) is 2.34. The van der Waals surface area contributed by atoms with E-state index in [1.807, 2.05) is 20.8 Å². The maximum atomic E-state index is 10.1. The second kappa shape index (κ2) is 6.85. The van der Waals surface area contributed by atoms with E-state index in [0.717, 1.165) is 11.3 Å². The summed E-state index contributed by atoms with van der Waals surface area (Å²) in [6, 6.07) is 0. The summed E-state index contributed by atoms with van der Waals surface area (Å²) in [4.78, 5) is 23.6. The van der Waals surface area contributed by atoms with Crippen molar-refractivity contribution >= 4 is 29.2 Å². The number of aromatic hydroxyl groups is 1. The van der Waals surface area contributed by atoms with Crippen molar-refractivity contribution in [1.29, 1.82) is 0 Å². The Balaban J connectivity index is 0.000000325. The largest absolute Gasteiger partial charge is 0.492 e. The Kier molecular flexibility index (Phi) is 6.19. The van der Waals surface area contributed by atoms with E-state index in [0.29, 0.717) is 17.9 Å². The molecule has 17 heavy (non-hydrogen) atoms. The zero-order valence-corrected chi connectivity index (χ0v) is 11.0. The Labute approximate surface area is 104 Å². The van der Waals surface area contributed by atoms with E-state index >= 15 is 0 Å². The van der Waals surface area contributed by atoms with E-state index in [2.05, 4.69) is 15.0 Å². The van der Waals surface area contributed by atoms with Crippen molar-refractivity contribution in [2.75, 3.05) is 12.4 Å². The lowest BCUT2D eigenvalue weighted by molar-refractivity contribution is -0.138. The number of anilines is 1. The monoisotopic (exact) mass is 260 g/mol.